The van der Waals surface area contributed by atoms with E-state index in [2.05, 4.69) is 65.0 Å². The molecule has 0 bridgehead atoms. The quantitative estimate of drug-likeness (QED) is 0.609. The SMILES string of the molecule is Cc1ccc2c(c1)CC(C)(C)c1cc(C)c(C)cc1-2. The van der Waals surface area contributed by atoms with Crippen LogP contribution in [0.3, 0.4) is 0 Å². The van der Waals surface area contributed by atoms with Crippen LogP contribution in [-0.2, 0) is 11.8 Å². The van der Waals surface area contributed by atoms with Gasteiger partial charge < -0.3 is 0 Å². The van der Waals surface area contributed by atoms with Gasteiger partial charge in [-0.2, -0.15) is 0 Å². The van der Waals surface area contributed by atoms with Gasteiger partial charge in [0.05, 0.1) is 0 Å². The lowest BCUT2D eigenvalue weighted by atomic mass is 9.69. The molecule has 0 radical (unpaired) electrons. The van der Waals surface area contributed by atoms with Crippen LogP contribution in [0.1, 0.15) is 41.7 Å². The zero-order valence-corrected chi connectivity index (χ0v) is 12.6. The van der Waals surface area contributed by atoms with E-state index in [1.165, 1.54) is 38.9 Å². The van der Waals surface area contributed by atoms with Gasteiger partial charge >= 0.3 is 0 Å². The summed E-state index contributed by atoms with van der Waals surface area (Å²) in [5, 5.41) is 0. The van der Waals surface area contributed by atoms with Crippen molar-refractivity contribution in [3.05, 3.63) is 58.1 Å². The molecule has 0 heterocycles. The Morgan fingerprint density at radius 2 is 1.53 bits per heavy atom. The molecule has 0 spiro atoms. The van der Waals surface area contributed by atoms with Crippen LogP contribution in [0.25, 0.3) is 11.1 Å². The van der Waals surface area contributed by atoms with E-state index in [0.29, 0.717) is 0 Å². The molecule has 0 atom stereocenters. The zero-order valence-electron chi connectivity index (χ0n) is 12.6. The van der Waals surface area contributed by atoms with Crippen LogP contribution in [0.15, 0.2) is 30.3 Å². The third-order valence-electron chi connectivity index (χ3n) is 4.55. The van der Waals surface area contributed by atoms with E-state index in [-0.39, 0.29) is 5.41 Å². The summed E-state index contributed by atoms with van der Waals surface area (Å²) in [6, 6.07) is 11.7. The molecular formula is C19H22. The maximum absolute atomic E-state index is 2.40. The predicted molar refractivity (Wildman–Crippen MR) is 82.8 cm³/mol. The van der Waals surface area contributed by atoms with E-state index in [1.54, 1.807) is 0 Å². The van der Waals surface area contributed by atoms with E-state index in [9.17, 15) is 0 Å². The number of aryl methyl sites for hydroxylation is 3. The minimum absolute atomic E-state index is 0.231. The monoisotopic (exact) mass is 250 g/mol. The lowest BCUT2D eigenvalue weighted by molar-refractivity contribution is 0.516. The topological polar surface area (TPSA) is 0 Å². The summed E-state index contributed by atoms with van der Waals surface area (Å²) in [5.41, 5.74) is 10.3. The molecule has 0 heteroatoms. The summed E-state index contributed by atoms with van der Waals surface area (Å²) in [7, 11) is 0. The van der Waals surface area contributed by atoms with Crippen molar-refractivity contribution in [3.8, 4) is 11.1 Å². The van der Waals surface area contributed by atoms with Gasteiger partial charge in [0.1, 0.15) is 0 Å². The van der Waals surface area contributed by atoms with Crippen LogP contribution in [0, 0.1) is 20.8 Å². The summed E-state index contributed by atoms with van der Waals surface area (Å²) in [6.07, 6.45) is 1.14. The van der Waals surface area contributed by atoms with E-state index < -0.39 is 0 Å². The highest BCUT2D eigenvalue weighted by molar-refractivity contribution is 5.76. The summed E-state index contributed by atoms with van der Waals surface area (Å²) in [4.78, 5) is 0. The van der Waals surface area contributed by atoms with Crippen molar-refractivity contribution in [1.29, 1.82) is 0 Å². The van der Waals surface area contributed by atoms with Crippen LogP contribution < -0.4 is 0 Å². The molecule has 19 heavy (non-hydrogen) atoms. The summed E-state index contributed by atoms with van der Waals surface area (Å²) in [5.74, 6) is 0. The maximum Gasteiger partial charge on any atom is -0.00567 e. The third kappa shape index (κ3) is 1.90. The van der Waals surface area contributed by atoms with Gasteiger partial charge in [-0.3, -0.25) is 0 Å². The smallest absolute Gasteiger partial charge is 0.00567 e. The van der Waals surface area contributed by atoms with E-state index in [1.807, 2.05) is 0 Å². The first kappa shape index (κ1) is 12.5. The summed E-state index contributed by atoms with van der Waals surface area (Å²) < 4.78 is 0. The molecule has 0 aromatic heterocycles. The normalized spacial score (nSPS) is 15.8. The first-order valence-corrected chi connectivity index (χ1v) is 7.10. The van der Waals surface area contributed by atoms with Crippen molar-refractivity contribution in [2.45, 2.75) is 46.5 Å². The Hall–Kier alpha value is -1.56. The molecule has 3 rings (SSSR count). The van der Waals surface area contributed by atoms with Crippen molar-refractivity contribution in [3.63, 3.8) is 0 Å². The number of rotatable bonds is 0. The molecule has 0 saturated carbocycles. The molecular weight excluding hydrogens is 228 g/mol. The molecule has 1 aliphatic rings. The highest BCUT2D eigenvalue weighted by Gasteiger charge is 2.31. The first-order valence-electron chi connectivity index (χ1n) is 7.10. The van der Waals surface area contributed by atoms with Gasteiger partial charge in [-0.25, -0.2) is 0 Å². The Morgan fingerprint density at radius 3 is 2.26 bits per heavy atom. The summed E-state index contributed by atoms with van der Waals surface area (Å²) >= 11 is 0. The van der Waals surface area contributed by atoms with Crippen LogP contribution in [-0.4, -0.2) is 0 Å². The minimum atomic E-state index is 0.231. The van der Waals surface area contributed by atoms with Crippen molar-refractivity contribution in [2.24, 2.45) is 0 Å². The number of fused-ring (bicyclic) bond motifs is 3. The number of benzene rings is 2. The van der Waals surface area contributed by atoms with Gasteiger partial charge in [0.25, 0.3) is 0 Å². The number of hydrogen-bond acceptors (Lipinski definition) is 0. The Bertz CT molecular complexity index is 660. The van der Waals surface area contributed by atoms with Gasteiger partial charge in [-0.1, -0.05) is 49.7 Å². The minimum Gasteiger partial charge on any atom is -0.0587 e. The molecule has 98 valence electrons. The lowest BCUT2D eigenvalue weighted by Crippen LogP contribution is -2.26. The van der Waals surface area contributed by atoms with Crippen molar-refractivity contribution in [1.82, 2.24) is 0 Å². The maximum atomic E-state index is 2.40. The van der Waals surface area contributed by atoms with E-state index in [4.69, 9.17) is 0 Å². The zero-order chi connectivity index (χ0) is 13.8. The second-order valence-corrected chi connectivity index (χ2v) is 6.70. The molecule has 0 N–H and O–H groups in total. The molecule has 2 aromatic rings. The Balaban J connectivity index is 2.34. The molecule has 2 aromatic carbocycles. The highest BCUT2D eigenvalue weighted by Crippen LogP contribution is 2.44. The summed E-state index contributed by atoms with van der Waals surface area (Å²) in [6.45, 7) is 11.3. The Morgan fingerprint density at radius 1 is 0.842 bits per heavy atom. The average Bonchev–Trinajstić information content (AvgIpc) is 2.31. The standard InChI is InChI=1S/C19H22/c1-12-6-7-16-15(8-12)11-19(4,5)18-10-14(3)13(2)9-17(16)18/h6-10H,11H2,1-5H3. The van der Waals surface area contributed by atoms with Gasteiger partial charge in [0.2, 0.25) is 0 Å². The predicted octanol–water partition coefficient (Wildman–Crippen LogP) is 5.11. The third-order valence-corrected chi connectivity index (χ3v) is 4.55. The van der Waals surface area contributed by atoms with Crippen LogP contribution in [0.2, 0.25) is 0 Å². The van der Waals surface area contributed by atoms with Gasteiger partial charge in [-0.15, -0.1) is 0 Å². The average molecular weight is 250 g/mol. The van der Waals surface area contributed by atoms with Gasteiger partial charge in [0.15, 0.2) is 0 Å². The fraction of sp³-hybridized carbons (Fsp3) is 0.368. The van der Waals surface area contributed by atoms with E-state index >= 15 is 0 Å². The lowest BCUT2D eigenvalue weighted by Gasteiger charge is -2.35. The van der Waals surface area contributed by atoms with E-state index in [0.717, 1.165) is 6.42 Å². The molecule has 0 unspecified atom stereocenters. The van der Waals surface area contributed by atoms with Crippen LogP contribution >= 0.6 is 0 Å². The molecule has 0 fully saturated rings. The number of hydrogen-bond donors (Lipinski definition) is 0. The Labute approximate surface area is 116 Å². The molecule has 1 aliphatic carbocycles. The second kappa shape index (κ2) is 3.96. The molecule has 0 amide bonds. The second-order valence-electron chi connectivity index (χ2n) is 6.70. The van der Waals surface area contributed by atoms with Crippen molar-refractivity contribution in [2.75, 3.05) is 0 Å². The fourth-order valence-electron chi connectivity index (χ4n) is 3.30. The van der Waals surface area contributed by atoms with Gasteiger partial charge in [-0.05, 0) is 66.0 Å². The van der Waals surface area contributed by atoms with Crippen molar-refractivity contribution < 1.29 is 0 Å². The van der Waals surface area contributed by atoms with Crippen LogP contribution in [0.5, 0.6) is 0 Å². The van der Waals surface area contributed by atoms with Gasteiger partial charge in [0, 0.05) is 0 Å². The Kier molecular flexibility index (Phi) is 2.60. The molecule has 0 nitrogen and oxygen atoms in total. The molecule has 0 aliphatic heterocycles. The fourth-order valence-corrected chi connectivity index (χ4v) is 3.30. The molecule has 0 saturated heterocycles. The highest BCUT2D eigenvalue weighted by atomic mass is 14.3. The van der Waals surface area contributed by atoms with Crippen molar-refractivity contribution >= 4 is 0 Å². The first-order chi connectivity index (χ1) is 8.88. The largest absolute Gasteiger partial charge is 0.0587 e. The van der Waals surface area contributed by atoms with Crippen LogP contribution in [0.4, 0.5) is 0 Å².